The van der Waals surface area contributed by atoms with Crippen molar-refractivity contribution in [3.63, 3.8) is 0 Å². The molecule has 1 N–H and O–H groups in total. The van der Waals surface area contributed by atoms with E-state index in [9.17, 15) is 14.4 Å². The lowest BCUT2D eigenvalue weighted by molar-refractivity contribution is -0.118. The van der Waals surface area contributed by atoms with Gasteiger partial charge in [-0.05, 0) is 31.5 Å². The van der Waals surface area contributed by atoms with Gasteiger partial charge in [-0.25, -0.2) is 9.59 Å². The fraction of sp³-hybridized carbons (Fsp3) is 0.278. The summed E-state index contributed by atoms with van der Waals surface area (Å²) in [5.41, 5.74) is 0.501. The zero-order chi connectivity index (χ0) is 20.0. The Balaban J connectivity index is 2.20. The highest BCUT2D eigenvalue weighted by Crippen LogP contribution is 2.34. The number of hydrogen-bond donors (Lipinski definition) is 1. The van der Waals surface area contributed by atoms with Crippen molar-refractivity contribution in [3.8, 4) is 5.75 Å². The van der Waals surface area contributed by atoms with Crippen LogP contribution in [0.15, 0.2) is 24.3 Å². The van der Waals surface area contributed by atoms with Crippen molar-refractivity contribution >= 4 is 45.8 Å². The Morgan fingerprint density at radius 1 is 1.19 bits per heavy atom. The molecule has 2 aromatic rings. The van der Waals surface area contributed by atoms with Crippen molar-refractivity contribution in [1.29, 1.82) is 0 Å². The second kappa shape index (κ2) is 9.38. The summed E-state index contributed by atoms with van der Waals surface area (Å²) < 4.78 is 15.1. The summed E-state index contributed by atoms with van der Waals surface area (Å²) >= 11 is 6.91. The molecule has 7 nitrogen and oxygen atoms in total. The third-order valence-electron chi connectivity index (χ3n) is 3.45. The number of carbonyl (C=O) groups excluding carboxylic acids is 3. The molecular weight excluding hydrogens is 394 g/mol. The summed E-state index contributed by atoms with van der Waals surface area (Å²) in [7, 11) is 1.24. The molecule has 1 aromatic carbocycles. The van der Waals surface area contributed by atoms with Gasteiger partial charge in [-0.3, -0.25) is 4.79 Å². The molecule has 0 aliphatic carbocycles. The SMILES string of the molecule is CCOC(=O)c1c(NC(=O)COc2ccccc2Cl)sc(C(=O)OC)c1C. The van der Waals surface area contributed by atoms with Crippen LogP contribution < -0.4 is 10.1 Å². The van der Waals surface area contributed by atoms with Gasteiger partial charge < -0.3 is 19.5 Å². The van der Waals surface area contributed by atoms with E-state index in [1.165, 1.54) is 7.11 Å². The fourth-order valence-corrected chi connectivity index (χ4v) is 3.53. The molecule has 0 aliphatic rings. The van der Waals surface area contributed by atoms with E-state index in [2.05, 4.69) is 5.32 Å². The van der Waals surface area contributed by atoms with Crippen molar-refractivity contribution in [2.45, 2.75) is 13.8 Å². The maximum absolute atomic E-state index is 12.2. The summed E-state index contributed by atoms with van der Waals surface area (Å²) in [4.78, 5) is 36.6. The maximum atomic E-state index is 12.2. The average molecular weight is 412 g/mol. The van der Waals surface area contributed by atoms with Gasteiger partial charge in [-0.2, -0.15) is 0 Å². The third-order valence-corrected chi connectivity index (χ3v) is 4.95. The number of hydrogen-bond acceptors (Lipinski definition) is 7. The van der Waals surface area contributed by atoms with Crippen LogP contribution in [0.1, 0.15) is 32.5 Å². The second-order valence-electron chi connectivity index (χ2n) is 5.24. The molecule has 144 valence electrons. The Morgan fingerprint density at radius 3 is 2.52 bits per heavy atom. The van der Waals surface area contributed by atoms with Crippen LogP contribution in [-0.2, 0) is 14.3 Å². The number of halogens is 1. The van der Waals surface area contributed by atoms with Crippen LogP contribution >= 0.6 is 22.9 Å². The lowest BCUT2D eigenvalue weighted by Gasteiger charge is -2.09. The number of rotatable bonds is 7. The minimum atomic E-state index is -0.635. The summed E-state index contributed by atoms with van der Waals surface area (Å²) in [6.45, 7) is 3.09. The number of anilines is 1. The van der Waals surface area contributed by atoms with E-state index in [1.54, 1.807) is 38.1 Å². The van der Waals surface area contributed by atoms with Gasteiger partial charge in [0.1, 0.15) is 15.6 Å². The fourth-order valence-electron chi connectivity index (χ4n) is 2.21. The van der Waals surface area contributed by atoms with Crippen LogP contribution in [0.4, 0.5) is 5.00 Å². The van der Waals surface area contributed by atoms with Crippen LogP contribution in [0.25, 0.3) is 0 Å². The molecule has 0 bridgehead atoms. The number of benzene rings is 1. The largest absolute Gasteiger partial charge is 0.482 e. The number of carbonyl (C=O) groups is 3. The van der Waals surface area contributed by atoms with Gasteiger partial charge in [0.05, 0.1) is 24.3 Å². The highest BCUT2D eigenvalue weighted by atomic mass is 35.5. The molecule has 9 heteroatoms. The Bertz CT molecular complexity index is 864. The van der Waals surface area contributed by atoms with Crippen LogP contribution in [0.5, 0.6) is 5.75 Å². The lowest BCUT2D eigenvalue weighted by atomic mass is 10.1. The molecule has 0 radical (unpaired) electrons. The quantitative estimate of drug-likeness (QED) is 0.698. The molecule has 2 rings (SSSR count). The van der Waals surface area contributed by atoms with Crippen LogP contribution in [-0.4, -0.2) is 38.2 Å². The second-order valence-corrected chi connectivity index (χ2v) is 6.67. The summed E-state index contributed by atoms with van der Waals surface area (Å²) in [5, 5.41) is 3.15. The lowest BCUT2D eigenvalue weighted by Crippen LogP contribution is -2.21. The number of ether oxygens (including phenoxy) is 3. The van der Waals surface area contributed by atoms with Crippen molar-refractivity contribution in [2.24, 2.45) is 0 Å². The molecule has 1 heterocycles. The molecule has 0 aliphatic heterocycles. The predicted molar refractivity (Wildman–Crippen MR) is 102 cm³/mol. The molecule has 0 saturated heterocycles. The summed E-state index contributed by atoms with van der Waals surface area (Å²) in [6, 6.07) is 6.73. The number of methoxy groups -OCH3 is 1. The smallest absolute Gasteiger partial charge is 0.348 e. The van der Waals surface area contributed by atoms with Crippen LogP contribution in [0.3, 0.4) is 0 Å². The Labute approximate surface area is 165 Å². The number of esters is 2. The summed E-state index contributed by atoms with van der Waals surface area (Å²) in [5.74, 6) is -1.39. The molecular formula is C18H18ClNO6S. The first-order valence-corrected chi connectivity index (χ1v) is 9.14. The van der Waals surface area contributed by atoms with Crippen molar-refractivity contribution in [3.05, 3.63) is 45.3 Å². The molecule has 0 spiro atoms. The third kappa shape index (κ3) is 4.99. The zero-order valence-corrected chi connectivity index (χ0v) is 16.5. The van der Waals surface area contributed by atoms with Gasteiger partial charge in [-0.1, -0.05) is 23.7 Å². The Hall–Kier alpha value is -2.58. The van der Waals surface area contributed by atoms with Gasteiger partial charge in [-0.15, -0.1) is 11.3 Å². The van der Waals surface area contributed by atoms with E-state index in [1.807, 2.05) is 0 Å². The Morgan fingerprint density at radius 2 is 1.89 bits per heavy atom. The molecule has 27 heavy (non-hydrogen) atoms. The number of nitrogens with one attached hydrogen (secondary N) is 1. The molecule has 0 unspecified atom stereocenters. The number of para-hydroxylation sites is 1. The van der Waals surface area contributed by atoms with Crippen LogP contribution in [0.2, 0.25) is 5.02 Å². The van der Waals surface area contributed by atoms with Gasteiger partial charge in [0.2, 0.25) is 0 Å². The monoisotopic (exact) mass is 411 g/mol. The van der Waals surface area contributed by atoms with Crippen molar-refractivity contribution in [1.82, 2.24) is 0 Å². The van der Waals surface area contributed by atoms with Gasteiger partial charge in [0.25, 0.3) is 5.91 Å². The molecule has 0 saturated carbocycles. The Kier molecular flexibility index (Phi) is 7.20. The first-order chi connectivity index (χ1) is 12.9. The van der Waals surface area contributed by atoms with Gasteiger partial charge in [0.15, 0.2) is 6.61 Å². The van der Waals surface area contributed by atoms with E-state index >= 15 is 0 Å². The minimum Gasteiger partial charge on any atom is -0.482 e. The van der Waals surface area contributed by atoms with Gasteiger partial charge >= 0.3 is 11.9 Å². The van der Waals surface area contributed by atoms with E-state index in [0.29, 0.717) is 16.3 Å². The predicted octanol–water partition coefficient (Wildman–Crippen LogP) is 3.69. The maximum Gasteiger partial charge on any atom is 0.348 e. The zero-order valence-electron chi connectivity index (χ0n) is 15.0. The highest BCUT2D eigenvalue weighted by Gasteiger charge is 2.27. The summed E-state index contributed by atoms with van der Waals surface area (Å²) in [6.07, 6.45) is 0. The van der Waals surface area contributed by atoms with Crippen molar-refractivity contribution < 1.29 is 28.6 Å². The molecule has 1 aromatic heterocycles. The van der Waals surface area contributed by atoms with Crippen LogP contribution in [0, 0.1) is 6.92 Å². The number of amides is 1. The van der Waals surface area contributed by atoms with E-state index < -0.39 is 17.8 Å². The highest BCUT2D eigenvalue weighted by molar-refractivity contribution is 7.18. The molecule has 1 amide bonds. The van der Waals surface area contributed by atoms with E-state index in [4.69, 9.17) is 25.8 Å². The molecule has 0 atom stereocenters. The number of thiophene rings is 1. The normalized spacial score (nSPS) is 10.2. The van der Waals surface area contributed by atoms with Gasteiger partial charge in [0, 0.05) is 0 Å². The molecule has 0 fully saturated rings. The first kappa shape index (κ1) is 20.7. The van der Waals surface area contributed by atoms with E-state index in [0.717, 1.165) is 11.3 Å². The average Bonchev–Trinajstić information content (AvgIpc) is 2.96. The first-order valence-electron chi connectivity index (χ1n) is 7.95. The van der Waals surface area contributed by atoms with E-state index in [-0.39, 0.29) is 28.7 Å². The topological polar surface area (TPSA) is 90.9 Å². The van der Waals surface area contributed by atoms with Crippen molar-refractivity contribution in [2.75, 3.05) is 25.6 Å². The standard InChI is InChI=1S/C18H18ClNO6S/c1-4-25-17(22)14-10(2)15(18(23)24-3)27-16(14)20-13(21)9-26-12-8-6-5-7-11(12)19/h5-8H,4,9H2,1-3H3,(H,20,21). The minimum absolute atomic E-state index is 0.119.